The molecule has 2 aromatic carbocycles. The average molecular weight is 546 g/mol. The van der Waals surface area contributed by atoms with E-state index in [1.807, 2.05) is 84.9 Å². The van der Waals surface area contributed by atoms with E-state index in [-0.39, 0.29) is 23.3 Å². The van der Waals surface area contributed by atoms with Crippen molar-refractivity contribution >= 4 is 17.7 Å². The van der Waals surface area contributed by atoms with Crippen molar-refractivity contribution in [3.8, 4) is 0 Å². The van der Waals surface area contributed by atoms with Crippen LogP contribution in [0.5, 0.6) is 0 Å². The maximum absolute atomic E-state index is 10.7. The van der Waals surface area contributed by atoms with Gasteiger partial charge in [-0.05, 0) is 41.5 Å². The monoisotopic (exact) mass is 545 g/mol. The van der Waals surface area contributed by atoms with Gasteiger partial charge in [-0.1, -0.05) is 113 Å². The van der Waals surface area contributed by atoms with E-state index in [9.17, 15) is 14.4 Å². The van der Waals surface area contributed by atoms with Gasteiger partial charge in [0.1, 0.15) is 0 Å². The first-order chi connectivity index (χ1) is 18.3. The predicted octanol–water partition coefficient (Wildman–Crippen LogP) is 7.39. The fourth-order valence-electron chi connectivity index (χ4n) is 2.07. The van der Waals surface area contributed by atoms with Crippen LogP contribution in [0.4, 0.5) is 0 Å². The minimum Gasteiger partial charge on any atom is -0.359 e. The van der Waals surface area contributed by atoms with Crippen LogP contribution in [0, 0.1) is 13.8 Å². The Bertz CT molecular complexity index is 758. The molecule has 0 bridgehead atoms. The van der Waals surface area contributed by atoms with Gasteiger partial charge < -0.3 is 16.0 Å². The van der Waals surface area contributed by atoms with E-state index in [1.54, 1.807) is 7.05 Å². The van der Waals surface area contributed by atoms with Gasteiger partial charge in [-0.25, -0.2) is 0 Å². The van der Waals surface area contributed by atoms with Crippen molar-refractivity contribution in [3.05, 3.63) is 71.8 Å². The average Bonchev–Trinajstić information content (AvgIpc) is 2.90. The first-order valence-corrected chi connectivity index (χ1v) is 14.1. The Morgan fingerprint density at radius 1 is 0.615 bits per heavy atom. The third-order valence-corrected chi connectivity index (χ3v) is 4.01. The number of amides is 3. The summed E-state index contributed by atoms with van der Waals surface area (Å²) in [4.78, 5) is 31.1. The number of aryl methyl sites for hydroxylation is 2. The zero-order valence-electron chi connectivity index (χ0n) is 27.0. The number of hydrogen-bond donors (Lipinski definition) is 3. The summed E-state index contributed by atoms with van der Waals surface area (Å²) >= 11 is 0. The van der Waals surface area contributed by atoms with E-state index >= 15 is 0 Å². The number of rotatable bonds is 4. The van der Waals surface area contributed by atoms with E-state index in [4.69, 9.17) is 0 Å². The van der Waals surface area contributed by atoms with E-state index in [0.29, 0.717) is 19.3 Å². The lowest BCUT2D eigenvalue weighted by atomic mass is 10.1. The second kappa shape index (κ2) is 31.1. The van der Waals surface area contributed by atoms with Crippen LogP contribution >= 0.6 is 0 Å². The van der Waals surface area contributed by atoms with Crippen molar-refractivity contribution in [2.75, 3.05) is 13.6 Å². The Balaban J connectivity index is -0.000000192. The van der Waals surface area contributed by atoms with Crippen LogP contribution in [-0.4, -0.2) is 36.9 Å². The quantitative estimate of drug-likeness (QED) is 0.374. The zero-order chi connectivity index (χ0) is 31.1. The highest BCUT2D eigenvalue weighted by atomic mass is 16.2. The summed E-state index contributed by atoms with van der Waals surface area (Å²) in [6.45, 7) is 22.5. The summed E-state index contributed by atoms with van der Waals surface area (Å²) in [5, 5.41) is 7.96. The summed E-state index contributed by atoms with van der Waals surface area (Å²) in [5.74, 6) is 0.333. The Morgan fingerprint density at radius 3 is 1.05 bits per heavy atom. The lowest BCUT2D eigenvalue weighted by Crippen LogP contribution is -2.40. The molecule has 2 aromatic rings. The van der Waals surface area contributed by atoms with Crippen LogP contribution in [0.3, 0.4) is 0 Å². The first-order valence-electron chi connectivity index (χ1n) is 14.1. The lowest BCUT2D eigenvalue weighted by molar-refractivity contribution is -0.122. The zero-order valence-corrected chi connectivity index (χ0v) is 27.0. The van der Waals surface area contributed by atoms with Crippen LogP contribution < -0.4 is 16.0 Å². The minimum atomic E-state index is -0.0763. The largest absolute Gasteiger partial charge is 0.359 e. The number of carbonyl (C=O) groups is 3. The maximum Gasteiger partial charge on any atom is 0.220 e. The van der Waals surface area contributed by atoms with Crippen LogP contribution in [0.15, 0.2) is 60.7 Å². The Kier molecular flexibility index (Phi) is 34.2. The summed E-state index contributed by atoms with van der Waals surface area (Å²) in [6, 6.07) is 20.5. The van der Waals surface area contributed by atoms with E-state index in [2.05, 4.69) is 67.9 Å². The van der Waals surface area contributed by atoms with Gasteiger partial charge in [0, 0.05) is 38.4 Å². The van der Waals surface area contributed by atoms with Crippen molar-refractivity contribution in [2.24, 2.45) is 0 Å². The molecule has 6 nitrogen and oxygen atoms in total. The third-order valence-electron chi connectivity index (χ3n) is 4.01. The molecule has 3 amide bonds. The normalized spacial score (nSPS) is 8.82. The topological polar surface area (TPSA) is 87.3 Å². The van der Waals surface area contributed by atoms with Crippen molar-refractivity contribution in [1.82, 2.24) is 16.0 Å². The summed E-state index contributed by atoms with van der Waals surface area (Å²) in [7, 11) is 1.63. The van der Waals surface area contributed by atoms with Gasteiger partial charge in [-0.15, -0.1) is 0 Å². The van der Waals surface area contributed by atoms with Gasteiger partial charge in [0.2, 0.25) is 17.7 Å². The molecule has 0 unspecified atom stereocenters. The van der Waals surface area contributed by atoms with Gasteiger partial charge in [0.05, 0.1) is 0 Å². The standard InChI is InChI=1S/C7H15NO.2C7H8.C5H11NO.C4H9NO.C3H8/c1-5-6(9)8-7(2,3)4;2*1-7-5-3-2-4-6-7;1-3-5(7)6-4-2;1-3-4(6)5-2;1-3-2/h5H2,1-4H3,(H,8,9);2*2-6H,1H3;3-4H2,1-2H3,(H,6,7);3H2,1-2H3,(H,5,6);3H2,1-2H3. The highest BCUT2D eigenvalue weighted by Crippen LogP contribution is 1.98. The highest BCUT2D eigenvalue weighted by molar-refractivity contribution is 5.76. The molecule has 6 heteroatoms. The fraction of sp³-hybridized carbons (Fsp3) is 0.545. The number of benzene rings is 2. The smallest absolute Gasteiger partial charge is 0.220 e. The predicted molar refractivity (Wildman–Crippen MR) is 170 cm³/mol. The van der Waals surface area contributed by atoms with E-state index in [0.717, 1.165) is 6.54 Å². The molecule has 0 aliphatic heterocycles. The molecule has 0 aliphatic carbocycles. The molecule has 0 saturated carbocycles. The number of nitrogens with one attached hydrogen (secondary N) is 3. The van der Waals surface area contributed by atoms with Crippen LogP contribution in [0.25, 0.3) is 0 Å². The molecular weight excluding hydrogens is 486 g/mol. The van der Waals surface area contributed by atoms with Gasteiger partial charge in [-0.2, -0.15) is 0 Å². The second-order valence-corrected chi connectivity index (χ2v) is 9.50. The van der Waals surface area contributed by atoms with Gasteiger partial charge in [-0.3, -0.25) is 14.4 Å². The molecular formula is C33H59N3O3. The summed E-state index contributed by atoms with van der Waals surface area (Å²) in [5.41, 5.74) is 2.57. The molecule has 39 heavy (non-hydrogen) atoms. The Labute approximate surface area is 240 Å². The van der Waals surface area contributed by atoms with E-state index in [1.165, 1.54) is 17.5 Å². The summed E-state index contributed by atoms with van der Waals surface area (Å²) in [6.07, 6.45) is 2.99. The van der Waals surface area contributed by atoms with Gasteiger partial charge >= 0.3 is 0 Å². The fourth-order valence-corrected chi connectivity index (χ4v) is 2.07. The van der Waals surface area contributed by atoms with Crippen molar-refractivity contribution in [3.63, 3.8) is 0 Å². The van der Waals surface area contributed by atoms with Crippen LogP contribution in [0.1, 0.15) is 99.1 Å². The third kappa shape index (κ3) is 45.2. The highest BCUT2D eigenvalue weighted by Gasteiger charge is 2.10. The summed E-state index contributed by atoms with van der Waals surface area (Å²) < 4.78 is 0. The van der Waals surface area contributed by atoms with Gasteiger partial charge in [0.15, 0.2) is 0 Å². The molecule has 2 rings (SSSR count). The van der Waals surface area contributed by atoms with E-state index < -0.39 is 0 Å². The SMILES string of the molecule is CCC.CCC(=O)NC.CCC(=O)NC(C)(C)C.CCNC(=O)CC.Cc1ccccc1.Cc1ccccc1. The molecule has 224 valence electrons. The molecule has 0 heterocycles. The molecule has 0 aliphatic rings. The maximum atomic E-state index is 10.7. The van der Waals surface area contributed by atoms with Gasteiger partial charge in [0.25, 0.3) is 0 Å². The molecule has 0 atom stereocenters. The minimum absolute atomic E-state index is 0.0763. The lowest BCUT2D eigenvalue weighted by Gasteiger charge is -2.19. The molecule has 0 fully saturated rings. The molecule has 3 N–H and O–H groups in total. The molecule has 0 spiro atoms. The number of hydrogen-bond acceptors (Lipinski definition) is 3. The first kappa shape index (κ1) is 42.9. The molecule has 0 saturated heterocycles. The Hall–Kier alpha value is -3.15. The Morgan fingerprint density at radius 2 is 0.949 bits per heavy atom. The van der Waals surface area contributed by atoms with Crippen molar-refractivity contribution in [1.29, 1.82) is 0 Å². The molecule has 0 radical (unpaired) electrons. The van der Waals surface area contributed by atoms with Crippen LogP contribution in [0.2, 0.25) is 0 Å². The second-order valence-electron chi connectivity index (χ2n) is 9.50. The van der Waals surface area contributed by atoms with Crippen molar-refractivity contribution < 1.29 is 14.4 Å². The molecule has 0 aromatic heterocycles. The van der Waals surface area contributed by atoms with Crippen LogP contribution in [-0.2, 0) is 14.4 Å². The van der Waals surface area contributed by atoms with Crippen molar-refractivity contribution in [2.45, 2.75) is 107 Å². The number of carbonyl (C=O) groups excluding carboxylic acids is 3.